The Kier molecular flexibility index (Phi) is 5.61. The predicted octanol–water partition coefficient (Wildman–Crippen LogP) is 1.65. The zero-order valence-corrected chi connectivity index (χ0v) is 11.4. The maximum absolute atomic E-state index is 11.9. The third kappa shape index (κ3) is 4.46. The quantitative estimate of drug-likeness (QED) is 0.803. The first-order valence-corrected chi connectivity index (χ1v) is 6.47. The van der Waals surface area contributed by atoms with Gasteiger partial charge in [-0.2, -0.15) is 0 Å². The SMILES string of the molecule is CCN(CC(=O)NC)CC(=O)c1ccc(Cl)s1. The predicted molar refractivity (Wildman–Crippen MR) is 69.8 cm³/mol. The monoisotopic (exact) mass is 274 g/mol. The molecule has 0 atom stereocenters. The Balaban J connectivity index is 2.56. The largest absolute Gasteiger partial charge is 0.358 e. The molecule has 0 aliphatic rings. The number of Topliss-reactive ketones (excluding diaryl/α,β-unsaturated/α-hetero) is 1. The minimum atomic E-state index is -0.0936. The topological polar surface area (TPSA) is 49.4 Å². The summed E-state index contributed by atoms with van der Waals surface area (Å²) in [6.45, 7) is 3.04. The van der Waals surface area contributed by atoms with Crippen LogP contribution in [0.1, 0.15) is 16.6 Å². The van der Waals surface area contributed by atoms with Gasteiger partial charge in [-0.1, -0.05) is 18.5 Å². The number of ketones is 1. The number of hydrogen-bond acceptors (Lipinski definition) is 4. The van der Waals surface area contributed by atoms with E-state index in [1.54, 1.807) is 24.1 Å². The molecule has 17 heavy (non-hydrogen) atoms. The van der Waals surface area contributed by atoms with E-state index < -0.39 is 0 Å². The lowest BCUT2D eigenvalue weighted by Gasteiger charge is -2.17. The summed E-state index contributed by atoms with van der Waals surface area (Å²) in [6.07, 6.45) is 0. The molecule has 1 rings (SSSR count). The van der Waals surface area contributed by atoms with Crippen LogP contribution < -0.4 is 5.32 Å². The van der Waals surface area contributed by atoms with Crippen molar-refractivity contribution in [2.24, 2.45) is 0 Å². The highest BCUT2D eigenvalue weighted by Crippen LogP contribution is 2.21. The van der Waals surface area contributed by atoms with Gasteiger partial charge in [0.2, 0.25) is 5.91 Å². The Morgan fingerprint density at radius 1 is 1.41 bits per heavy atom. The Bertz CT molecular complexity index is 406. The number of nitrogens with one attached hydrogen (secondary N) is 1. The number of hydrogen-bond donors (Lipinski definition) is 1. The Morgan fingerprint density at radius 3 is 2.59 bits per heavy atom. The van der Waals surface area contributed by atoms with E-state index in [1.807, 2.05) is 6.92 Å². The van der Waals surface area contributed by atoms with Crippen LogP contribution in [0.2, 0.25) is 4.34 Å². The van der Waals surface area contributed by atoms with Crippen LogP contribution in [0, 0.1) is 0 Å². The van der Waals surface area contributed by atoms with E-state index in [-0.39, 0.29) is 24.8 Å². The second-order valence-electron chi connectivity index (χ2n) is 3.50. The normalized spacial score (nSPS) is 10.6. The lowest BCUT2D eigenvalue weighted by molar-refractivity contribution is -0.121. The van der Waals surface area contributed by atoms with Gasteiger partial charge in [0.25, 0.3) is 0 Å². The number of carbonyl (C=O) groups excluding carboxylic acids is 2. The molecule has 94 valence electrons. The van der Waals surface area contributed by atoms with Crippen LogP contribution in [0.4, 0.5) is 0 Å². The molecule has 1 aromatic heterocycles. The first kappa shape index (κ1) is 14.2. The van der Waals surface area contributed by atoms with Gasteiger partial charge < -0.3 is 5.32 Å². The van der Waals surface area contributed by atoms with Crippen molar-refractivity contribution in [2.75, 3.05) is 26.7 Å². The minimum Gasteiger partial charge on any atom is -0.358 e. The van der Waals surface area contributed by atoms with Crippen LogP contribution in [0.5, 0.6) is 0 Å². The van der Waals surface area contributed by atoms with Crippen LogP contribution in [0.3, 0.4) is 0 Å². The summed E-state index contributed by atoms with van der Waals surface area (Å²) in [5.74, 6) is -0.100. The highest BCUT2D eigenvalue weighted by atomic mass is 35.5. The van der Waals surface area contributed by atoms with Gasteiger partial charge in [-0.25, -0.2) is 0 Å². The zero-order valence-electron chi connectivity index (χ0n) is 9.83. The average molecular weight is 275 g/mol. The van der Waals surface area contributed by atoms with Gasteiger partial charge in [-0.15, -0.1) is 11.3 Å². The van der Waals surface area contributed by atoms with Crippen molar-refractivity contribution in [1.82, 2.24) is 10.2 Å². The number of halogens is 1. The van der Waals surface area contributed by atoms with Crippen LogP contribution in [0.25, 0.3) is 0 Å². The summed E-state index contributed by atoms with van der Waals surface area (Å²) >= 11 is 7.03. The molecule has 1 amide bonds. The maximum atomic E-state index is 11.9. The van der Waals surface area contributed by atoms with Gasteiger partial charge in [0.15, 0.2) is 5.78 Å². The zero-order chi connectivity index (χ0) is 12.8. The molecule has 0 aromatic carbocycles. The standard InChI is InChI=1S/C11H15ClN2O2S/c1-3-14(7-11(16)13-2)6-8(15)9-4-5-10(12)17-9/h4-5H,3,6-7H2,1-2H3,(H,13,16). The fourth-order valence-corrected chi connectivity index (χ4v) is 2.28. The second kappa shape index (κ2) is 6.74. The van der Waals surface area contributed by atoms with Crippen molar-refractivity contribution < 1.29 is 9.59 Å². The number of likely N-dealkylation sites (N-methyl/N-ethyl adjacent to an activating group) is 2. The summed E-state index contributed by atoms with van der Waals surface area (Å²) in [5, 5.41) is 2.54. The number of nitrogens with zero attached hydrogens (tertiary/aromatic N) is 1. The van der Waals surface area contributed by atoms with Crippen molar-refractivity contribution >= 4 is 34.6 Å². The molecule has 4 nitrogen and oxygen atoms in total. The summed E-state index contributed by atoms with van der Waals surface area (Å²) in [4.78, 5) is 25.5. The van der Waals surface area contributed by atoms with E-state index in [1.165, 1.54) is 11.3 Å². The number of amides is 1. The Morgan fingerprint density at radius 2 is 2.12 bits per heavy atom. The van der Waals surface area contributed by atoms with E-state index >= 15 is 0 Å². The molecule has 1 aromatic rings. The van der Waals surface area contributed by atoms with Crippen LogP contribution >= 0.6 is 22.9 Å². The van der Waals surface area contributed by atoms with Gasteiger partial charge >= 0.3 is 0 Å². The van der Waals surface area contributed by atoms with Crippen LogP contribution in [-0.4, -0.2) is 43.3 Å². The van der Waals surface area contributed by atoms with Gasteiger partial charge in [0.05, 0.1) is 22.3 Å². The molecule has 0 bridgehead atoms. The molecule has 0 saturated heterocycles. The highest BCUT2D eigenvalue weighted by Gasteiger charge is 2.15. The van der Waals surface area contributed by atoms with E-state index in [9.17, 15) is 9.59 Å². The molecule has 6 heteroatoms. The molecule has 0 fully saturated rings. The second-order valence-corrected chi connectivity index (χ2v) is 5.22. The molecular weight excluding hydrogens is 260 g/mol. The maximum Gasteiger partial charge on any atom is 0.233 e. The van der Waals surface area contributed by atoms with Crippen molar-refractivity contribution in [3.05, 3.63) is 21.3 Å². The molecular formula is C11H15ClN2O2S. The van der Waals surface area contributed by atoms with E-state index in [0.717, 1.165) is 0 Å². The lowest BCUT2D eigenvalue weighted by atomic mass is 10.3. The Labute approximate surface area is 110 Å². The van der Waals surface area contributed by atoms with Crippen molar-refractivity contribution in [3.63, 3.8) is 0 Å². The smallest absolute Gasteiger partial charge is 0.233 e. The van der Waals surface area contributed by atoms with E-state index in [0.29, 0.717) is 15.8 Å². The number of carbonyl (C=O) groups is 2. The highest BCUT2D eigenvalue weighted by molar-refractivity contribution is 7.18. The number of rotatable bonds is 6. The molecule has 1 heterocycles. The van der Waals surface area contributed by atoms with Crippen LogP contribution in [0.15, 0.2) is 12.1 Å². The fourth-order valence-electron chi connectivity index (χ4n) is 1.31. The van der Waals surface area contributed by atoms with Crippen LogP contribution in [-0.2, 0) is 4.79 Å². The third-order valence-corrected chi connectivity index (χ3v) is 3.58. The fraction of sp³-hybridized carbons (Fsp3) is 0.455. The third-order valence-electron chi connectivity index (χ3n) is 2.31. The molecule has 0 radical (unpaired) electrons. The van der Waals surface area contributed by atoms with E-state index in [2.05, 4.69) is 5.32 Å². The number of thiophene rings is 1. The summed E-state index contributed by atoms with van der Waals surface area (Å²) < 4.78 is 0.600. The average Bonchev–Trinajstić information content (AvgIpc) is 2.74. The summed E-state index contributed by atoms with van der Waals surface area (Å²) in [7, 11) is 1.58. The first-order valence-electron chi connectivity index (χ1n) is 5.28. The minimum absolute atomic E-state index is 0.00680. The summed E-state index contributed by atoms with van der Waals surface area (Å²) in [6, 6.07) is 3.41. The molecule has 0 spiro atoms. The molecule has 0 unspecified atom stereocenters. The van der Waals surface area contributed by atoms with Gasteiger partial charge in [0.1, 0.15) is 0 Å². The first-order chi connectivity index (χ1) is 8.06. The van der Waals surface area contributed by atoms with Gasteiger partial charge in [0, 0.05) is 7.05 Å². The van der Waals surface area contributed by atoms with Crippen molar-refractivity contribution in [2.45, 2.75) is 6.92 Å². The van der Waals surface area contributed by atoms with Gasteiger partial charge in [-0.3, -0.25) is 14.5 Å². The lowest BCUT2D eigenvalue weighted by Crippen LogP contribution is -2.38. The van der Waals surface area contributed by atoms with Crippen molar-refractivity contribution in [3.8, 4) is 0 Å². The van der Waals surface area contributed by atoms with E-state index in [4.69, 9.17) is 11.6 Å². The summed E-state index contributed by atoms with van der Waals surface area (Å²) in [5.41, 5.74) is 0. The molecule has 0 saturated carbocycles. The molecule has 1 N–H and O–H groups in total. The van der Waals surface area contributed by atoms with Crippen molar-refractivity contribution in [1.29, 1.82) is 0 Å². The molecule has 0 aliphatic carbocycles. The molecule has 0 aliphatic heterocycles. The Hall–Kier alpha value is -0.910. The van der Waals surface area contributed by atoms with Gasteiger partial charge in [-0.05, 0) is 18.7 Å².